The van der Waals surface area contributed by atoms with Gasteiger partial charge in [-0.2, -0.15) is 0 Å². The minimum atomic E-state index is -0.137. The average Bonchev–Trinajstić information content (AvgIpc) is 2.42. The van der Waals surface area contributed by atoms with Crippen LogP contribution in [0.4, 0.5) is 0 Å². The van der Waals surface area contributed by atoms with Crippen molar-refractivity contribution in [1.82, 2.24) is 5.32 Å². The van der Waals surface area contributed by atoms with E-state index in [1.54, 1.807) is 12.2 Å². The molecular formula is C18H23NO. The zero-order valence-corrected chi connectivity index (χ0v) is 12.8. The fraction of sp³-hybridized carbons (Fsp3) is 0.278. The van der Waals surface area contributed by atoms with E-state index in [9.17, 15) is 4.79 Å². The van der Waals surface area contributed by atoms with Crippen molar-refractivity contribution in [2.75, 3.05) is 0 Å². The molecule has 1 aromatic rings. The summed E-state index contributed by atoms with van der Waals surface area (Å²) in [5.74, 6) is -0.137. The van der Waals surface area contributed by atoms with E-state index in [4.69, 9.17) is 0 Å². The molecule has 20 heavy (non-hydrogen) atoms. The number of rotatable bonds is 4. The third-order valence-corrected chi connectivity index (χ3v) is 3.20. The van der Waals surface area contributed by atoms with Gasteiger partial charge in [0.15, 0.2) is 0 Å². The number of allylic oxidation sites excluding steroid dienone is 3. The maximum atomic E-state index is 12.2. The predicted molar refractivity (Wildman–Crippen MR) is 85.7 cm³/mol. The lowest BCUT2D eigenvalue weighted by molar-refractivity contribution is 0.0967. The minimum absolute atomic E-state index is 0.0839. The van der Waals surface area contributed by atoms with Gasteiger partial charge in [0.25, 0.3) is 5.91 Å². The van der Waals surface area contributed by atoms with E-state index in [1.165, 1.54) is 5.56 Å². The number of carbonyl (C=O) groups is 1. The Morgan fingerprint density at radius 3 is 2.05 bits per heavy atom. The second-order valence-electron chi connectivity index (χ2n) is 5.79. The summed E-state index contributed by atoms with van der Waals surface area (Å²) in [5.41, 5.74) is 3.50. The molecule has 0 saturated carbocycles. The molecule has 1 amide bonds. The normalized spacial score (nSPS) is 12.4. The lowest BCUT2D eigenvalue weighted by Crippen LogP contribution is -2.23. The lowest BCUT2D eigenvalue weighted by Gasteiger charge is -2.19. The molecule has 0 aromatic heterocycles. The summed E-state index contributed by atoms with van der Waals surface area (Å²) < 4.78 is 0. The summed E-state index contributed by atoms with van der Waals surface area (Å²) >= 11 is 0. The van der Waals surface area contributed by atoms with Crippen molar-refractivity contribution >= 4 is 5.91 Å². The summed E-state index contributed by atoms with van der Waals surface area (Å²) in [6.45, 7) is 15.7. The van der Waals surface area contributed by atoms with Crippen LogP contribution in [0.25, 0.3) is 0 Å². The molecule has 0 radical (unpaired) electrons. The number of nitrogens with one attached hydrogen (secondary N) is 1. The highest BCUT2D eigenvalue weighted by atomic mass is 16.1. The van der Waals surface area contributed by atoms with Gasteiger partial charge in [0.2, 0.25) is 0 Å². The van der Waals surface area contributed by atoms with Crippen LogP contribution in [0.2, 0.25) is 0 Å². The van der Waals surface area contributed by atoms with Crippen LogP contribution >= 0.6 is 0 Å². The molecule has 0 aliphatic carbocycles. The third kappa shape index (κ3) is 3.95. The van der Waals surface area contributed by atoms with Crippen molar-refractivity contribution in [2.24, 2.45) is 0 Å². The highest BCUT2D eigenvalue weighted by molar-refractivity contribution is 5.95. The zero-order chi connectivity index (χ0) is 15.3. The molecule has 2 nitrogen and oxygen atoms in total. The summed E-state index contributed by atoms with van der Waals surface area (Å²) in [6, 6.07) is 7.68. The predicted octanol–water partition coefficient (Wildman–Crippen LogP) is 4.36. The first kappa shape index (κ1) is 16.0. The van der Waals surface area contributed by atoms with Gasteiger partial charge in [-0.25, -0.2) is 0 Å². The van der Waals surface area contributed by atoms with E-state index in [1.807, 2.05) is 31.2 Å². The Morgan fingerprint density at radius 2 is 1.65 bits per heavy atom. The molecule has 0 spiro atoms. The highest BCUT2D eigenvalue weighted by Crippen LogP contribution is 2.22. The van der Waals surface area contributed by atoms with Gasteiger partial charge in [-0.15, -0.1) is 0 Å². The zero-order valence-electron chi connectivity index (χ0n) is 12.8. The number of amides is 1. The van der Waals surface area contributed by atoms with Crippen molar-refractivity contribution in [3.8, 4) is 0 Å². The molecule has 2 heteroatoms. The summed E-state index contributed by atoms with van der Waals surface area (Å²) in [5, 5.41) is 2.84. The van der Waals surface area contributed by atoms with E-state index >= 15 is 0 Å². The van der Waals surface area contributed by atoms with E-state index in [0.29, 0.717) is 11.3 Å². The van der Waals surface area contributed by atoms with Crippen LogP contribution in [0.15, 0.2) is 60.8 Å². The Hall–Kier alpha value is -2.09. The van der Waals surface area contributed by atoms with Gasteiger partial charge < -0.3 is 5.32 Å². The summed E-state index contributed by atoms with van der Waals surface area (Å²) in [7, 11) is 0. The van der Waals surface area contributed by atoms with Crippen LogP contribution < -0.4 is 5.32 Å². The summed E-state index contributed by atoms with van der Waals surface area (Å²) in [6.07, 6.45) is 3.32. The van der Waals surface area contributed by atoms with Crippen LogP contribution in [0, 0.1) is 0 Å². The third-order valence-electron chi connectivity index (χ3n) is 3.20. The number of benzene rings is 1. The second-order valence-corrected chi connectivity index (χ2v) is 5.79. The fourth-order valence-electron chi connectivity index (χ4n) is 1.74. The maximum absolute atomic E-state index is 12.2. The Kier molecular flexibility index (Phi) is 5.09. The Labute approximate surface area is 121 Å². The molecule has 0 bridgehead atoms. The van der Waals surface area contributed by atoms with Crippen LogP contribution in [0.3, 0.4) is 0 Å². The lowest BCUT2D eigenvalue weighted by atomic mass is 9.87. The molecule has 1 rings (SSSR count). The number of hydrogen-bond acceptors (Lipinski definition) is 1. The molecule has 0 atom stereocenters. The van der Waals surface area contributed by atoms with Gasteiger partial charge >= 0.3 is 0 Å². The Morgan fingerprint density at radius 1 is 1.10 bits per heavy atom. The van der Waals surface area contributed by atoms with Gasteiger partial charge in [-0.05, 0) is 41.7 Å². The first-order chi connectivity index (χ1) is 9.29. The number of hydrogen-bond donors (Lipinski definition) is 1. The van der Waals surface area contributed by atoms with Gasteiger partial charge in [0.05, 0.1) is 0 Å². The maximum Gasteiger partial charge on any atom is 0.255 e. The first-order valence-electron chi connectivity index (χ1n) is 6.67. The van der Waals surface area contributed by atoms with Crippen molar-refractivity contribution in [2.45, 2.75) is 33.1 Å². The van der Waals surface area contributed by atoms with E-state index in [0.717, 1.165) is 5.57 Å². The average molecular weight is 269 g/mol. The van der Waals surface area contributed by atoms with Crippen LogP contribution in [0.1, 0.15) is 43.6 Å². The first-order valence-corrected chi connectivity index (χ1v) is 6.67. The highest BCUT2D eigenvalue weighted by Gasteiger charge is 2.14. The fourth-order valence-corrected chi connectivity index (χ4v) is 1.74. The molecular weight excluding hydrogens is 246 g/mol. The van der Waals surface area contributed by atoms with Gasteiger partial charge in [0, 0.05) is 11.3 Å². The van der Waals surface area contributed by atoms with E-state index < -0.39 is 0 Å². The number of carbonyl (C=O) groups excluding carboxylic acids is 1. The van der Waals surface area contributed by atoms with Gasteiger partial charge in [-0.3, -0.25) is 4.79 Å². The smallest absolute Gasteiger partial charge is 0.255 e. The summed E-state index contributed by atoms with van der Waals surface area (Å²) in [4.78, 5) is 12.2. The van der Waals surface area contributed by atoms with E-state index in [2.05, 4.69) is 39.2 Å². The molecule has 0 fully saturated rings. The van der Waals surface area contributed by atoms with E-state index in [-0.39, 0.29) is 11.3 Å². The second kappa shape index (κ2) is 6.38. The van der Waals surface area contributed by atoms with Crippen LogP contribution in [-0.4, -0.2) is 5.91 Å². The van der Waals surface area contributed by atoms with Crippen molar-refractivity contribution in [3.05, 3.63) is 72.0 Å². The van der Waals surface area contributed by atoms with Crippen molar-refractivity contribution in [3.63, 3.8) is 0 Å². The van der Waals surface area contributed by atoms with Crippen LogP contribution in [0.5, 0.6) is 0 Å². The topological polar surface area (TPSA) is 29.1 Å². The van der Waals surface area contributed by atoms with Gasteiger partial charge in [-0.1, -0.05) is 52.1 Å². The minimum Gasteiger partial charge on any atom is -0.322 e. The monoisotopic (exact) mass is 269 g/mol. The quantitative estimate of drug-likeness (QED) is 0.808. The molecule has 1 N–H and O–H groups in total. The Bertz CT molecular complexity index is 542. The van der Waals surface area contributed by atoms with Crippen molar-refractivity contribution < 1.29 is 4.79 Å². The van der Waals surface area contributed by atoms with Crippen LogP contribution in [-0.2, 0) is 5.41 Å². The van der Waals surface area contributed by atoms with Gasteiger partial charge in [0.1, 0.15) is 0 Å². The standard InChI is InChI=1S/C18H23NO/c1-7-13(3)16(8-2)19-17(20)14-9-11-15(12-10-14)18(4,5)6/h7-12H,1-2H2,3-6H3,(H,19,20)/b16-13+. The molecule has 106 valence electrons. The SMILES string of the molecule is C=C/C(C)=C(\C=C)NC(=O)c1ccc(C(C)(C)C)cc1. The Balaban J connectivity index is 2.94. The molecule has 0 saturated heterocycles. The molecule has 0 unspecified atom stereocenters. The largest absolute Gasteiger partial charge is 0.322 e. The van der Waals surface area contributed by atoms with Crippen molar-refractivity contribution in [1.29, 1.82) is 0 Å². The molecule has 0 heterocycles. The molecule has 0 aliphatic heterocycles. The molecule has 0 aliphatic rings. The molecule has 1 aromatic carbocycles.